The van der Waals surface area contributed by atoms with Gasteiger partial charge in [-0.15, -0.1) is 0 Å². The average molecular weight is 380 g/mol. The fraction of sp³-hybridized carbons (Fsp3) is 0.684. The number of fused-ring (bicyclic) bond motifs is 1. The van der Waals surface area contributed by atoms with Crippen molar-refractivity contribution < 1.29 is 38.5 Å². The first kappa shape index (κ1) is 19.4. The molecule has 2 aliphatic carbocycles. The van der Waals surface area contributed by atoms with Crippen LogP contribution in [0.5, 0.6) is 0 Å². The second kappa shape index (κ2) is 6.65. The lowest BCUT2D eigenvalue weighted by atomic mass is 9.78. The summed E-state index contributed by atoms with van der Waals surface area (Å²) in [5, 5.41) is 9.46. The third-order valence-electron chi connectivity index (χ3n) is 5.75. The van der Waals surface area contributed by atoms with Gasteiger partial charge in [0.15, 0.2) is 0 Å². The Morgan fingerprint density at radius 2 is 1.96 bits per heavy atom. The zero-order chi connectivity index (χ0) is 20.1. The number of ether oxygens (including phenoxy) is 3. The lowest BCUT2D eigenvalue weighted by molar-refractivity contribution is -0.166. The Labute approximate surface area is 156 Å². The summed E-state index contributed by atoms with van der Waals surface area (Å²) in [4.78, 5) is 47.5. The molecule has 27 heavy (non-hydrogen) atoms. The molecule has 0 spiro atoms. The van der Waals surface area contributed by atoms with Gasteiger partial charge in [0.1, 0.15) is 17.8 Å². The molecule has 0 radical (unpaired) electrons. The smallest absolute Gasteiger partial charge is 0.333 e. The summed E-state index contributed by atoms with van der Waals surface area (Å²) >= 11 is 0. The van der Waals surface area contributed by atoms with Crippen LogP contribution in [0.4, 0.5) is 0 Å². The highest BCUT2D eigenvalue weighted by molar-refractivity contribution is 5.87. The second-order valence-electron chi connectivity index (χ2n) is 8.24. The number of carboxylic acids is 1. The van der Waals surface area contributed by atoms with Crippen molar-refractivity contribution in [3.8, 4) is 0 Å². The maximum Gasteiger partial charge on any atom is 0.333 e. The van der Waals surface area contributed by atoms with Crippen molar-refractivity contribution in [2.75, 3.05) is 0 Å². The molecule has 1 N–H and O–H groups in total. The molecule has 1 aliphatic heterocycles. The Balaban J connectivity index is 1.59. The first-order valence-corrected chi connectivity index (χ1v) is 9.03. The average Bonchev–Trinajstić information content (AvgIpc) is 3.16. The van der Waals surface area contributed by atoms with E-state index >= 15 is 0 Å². The molecule has 6 atom stereocenters. The third-order valence-corrected chi connectivity index (χ3v) is 5.75. The predicted molar refractivity (Wildman–Crippen MR) is 90.2 cm³/mol. The van der Waals surface area contributed by atoms with Crippen LogP contribution in [0.15, 0.2) is 12.2 Å². The second-order valence-corrected chi connectivity index (χ2v) is 8.24. The topological polar surface area (TPSA) is 116 Å². The van der Waals surface area contributed by atoms with Crippen molar-refractivity contribution in [3.05, 3.63) is 12.2 Å². The highest BCUT2D eigenvalue weighted by Crippen LogP contribution is 2.58. The fourth-order valence-corrected chi connectivity index (χ4v) is 4.49. The maximum atomic E-state index is 12.3. The highest BCUT2D eigenvalue weighted by Gasteiger charge is 2.69. The first-order chi connectivity index (χ1) is 12.5. The van der Waals surface area contributed by atoms with Gasteiger partial charge in [-0.2, -0.15) is 0 Å². The minimum Gasteiger partial charge on any atom is -0.481 e. The van der Waals surface area contributed by atoms with Crippen LogP contribution in [0.3, 0.4) is 0 Å². The summed E-state index contributed by atoms with van der Waals surface area (Å²) in [5.41, 5.74) is -0.608. The van der Waals surface area contributed by atoms with Crippen LogP contribution in [0.2, 0.25) is 0 Å². The van der Waals surface area contributed by atoms with E-state index in [1.165, 1.54) is 6.92 Å². The Hall–Kier alpha value is -2.38. The largest absolute Gasteiger partial charge is 0.481 e. The predicted octanol–water partition coefficient (Wildman–Crippen LogP) is 1.47. The van der Waals surface area contributed by atoms with Crippen molar-refractivity contribution in [2.45, 2.75) is 57.8 Å². The van der Waals surface area contributed by atoms with Gasteiger partial charge in [-0.25, -0.2) is 4.79 Å². The lowest BCUT2D eigenvalue weighted by Gasteiger charge is -2.30. The number of aliphatic carboxylic acids is 1. The highest BCUT2D eigenvalue weighted by atomic mass is 16.6. The van der Waals surface area contributed by atoms with E-state index in [9.17, 15) is 24.3 Å². The molecular weight excluding hydrogens is 356 g/mol. The van der Waals surface area contributed by atoms with Crippen LogP contribution in [-0.4, -0.2) is 46.8 Å². The third kappa shape index (κ3) is 3.44. The summed E-state index contributed by atoms with van der Waals surface area (Å²) < 4.78 is 16.1. The Kier molecular flexibility index (Phi) is 4.78. The van der Waals surface area contributed by atoms with Crippen LogP contribution in [0.1, 0.15) is 40.0 Å². The van der Waals surface area contributed by atoms with Gasteiger partial charge in [-0.3, -0.25) is 14.4 Å². The summed E-state index contributed by atoms with van der Waals surface area (Å²) in [6.07, 6.45) is -0.543. The summed E-state index contributed by atoms with van der Waals surface area (Å²) in [6, 6.07) is 0. The number of hydrogen-bond acceptors (Lipinski definition) is 7. The van der Waals surface area contributed by atoms with E-state index in [2.05, 4.69) is 6.58 Å². The van der Waals surface area contributed by atoms with Crippen molar-refractivity contribution in [3.63, 3.8) is 0 Å². The van der Waals surface area contributed by atoms with Crippen molar-refractivity contribution >= 4 is 23.9 Å². The molecule has 1 heterocycles. The van der Waals surface area contributed by atoms with Crippen LogP contribution in [-0.2, 0) is 33.4 Å². The Morgan fingerprint density at radius 3 is 2.56 bits per heavy atom. The van der Waals surface area contributed by atoms with Gasteiger partial charge in [0.05, 0.1) is 11.8 Å². The molecule has 0 amide bonds. The van der Waals surface area contributed by atoms with Crippen LogP contribution < -0.4 is 0 Å². The normalized spacial score (nSPS) is 33.5. The molecule has 2 saturated carbocycles. The Bertz CT molecular complexity index is 708. The first-order valence-electron chi connectivity index (χ1n) is 9.03. The molecular formula is C19H24O8. The van der Waals surface area contributed by atoms with Crippen LogP contribution >= 0.6 is 0 Å². The number of carboxylic acid groups (broad SMARTS) is 1. The van der Waals surface area contributed by atoms with E-state index < -0.39 is 59.4 Å². The van der Waals surface area contributed by atoms with Crippen molar-refractivity contribution in [1.82, 2.24) is 0 Å². The number of hydrogen-bond donors (Lipinski definition) is 1. The molecule has 8 nitrogen and oxygen atoms in total. The summed E-state index contributed by atoms with van der Waals surface area (Å²) in [5.74, 6) is -4.74. The monoisotopic (exact) mass is 380 g/mol. The molecule has 2 bridgehead atoms. The van der Waals surface area contributed by atoms with E-state index in [1.807, 2.05) is 0 Å². The molecule has 3 fully saturated rings. The number of carbonyl (C=O) groups is 4. The van der Waals surface area contributed by atoms with E-state index in [4.69, 9.17) is 14.2 Å². The molecule has 0 aromatic heterocycles. The quantitative estimate of drug-likeness (QED) is 0.401. The van der Waals surface area contributed by atoms with Gasteiger partial charge in [-0.1, -0.05) is 6.58 Å². The number of rotatable bonds is 7. The van der Waals surface area contributed by atoms with Crippen LogP contribution in [0, 0.1) is 23.7 Å². The zero-order valence-corrected chi connectivity index (χ0v) is 15.6. The standard InChI is InChI=1S/C19H24O8/c1-8(2)17(23)27-19(3,4)6-5-11(20)25-14-9-7-10-13(12(9)16(21)22)18(24)26-15(10)14/h9-10,12-15H,1,5-7H2,2-4H3,(H,21,22). The maximum absolute atomic E-state index is 12.3. The van der Waals surface area contributed by atoms with E-state index in [0.29, 0.717) is 6.42 Å². The minimum atomic E-state index is -1.06. The van der Waals surface area contributed by atoms with Crippen molar-refractivity contribution in [1.29, 1.82) is 0 Å². The SMILES string of the molecule is C=C(C)C(=O)OC(C)(C)CCC(=O)OC1C2CC3C1OC(=O)C3C2C(=O)O. The lowest BCUT2D eigenvalue weighted by Crippen LogP contribution is -2.43. The summed E-state index contributed by atoms with van der Waals surface area (Å²) in [6.45, 7) is 8.42. The number of carbonyl (C=O) groups excluding carboxylic acids is 3. The van der Waals surface area contributed by atoms with Crippen LogP contribution in [0.25, 0.3) is 0 Å². The molecule has 3 rings (SSSR count). The zero-order valence-electron chi connectivity index (χ0n) is 15.6. The fourth-order valence-electron chi connectivity index (χ4n) is 4.49. The Morgan fingerprint density at radius 1 is 1.30 bits per heavy atom. The van der Waals surface area contributed by atoms with E-state index in [1.54, 1.807) is 13.8 Å². The molecule has 8 heteroatoms. The van der Waals surface area contributed by atoms with Gasteiger partial charge in [-0.05, 0) is 33.6 Å². The summed E-state index contributed by atoms with van der Waals surface area (Å²) in [7, 11) is 0. The molecule has 0 aromatic carbocycles. The molecule has 3 aliphatic rings. The number of esters is 3. The van der Waals surface area contributed by atoms with Gasteiger partial charge in [0.2, 0.25) is 0 Å². The minimum absolute atomic E-state index is 0.00775. The van der Waals surface area contributed by atoms with Gasteiger partial charge < -0.3 is 19.3 Å². The van der Waals surface area contributed by atoms with E-state index in [-0.39, 0.29) is 24.3 Å². The molecule has 0 aromatic rings. The molecule has 1 saturated heterocycles. The van der Waals surface area contributed by atoms with Gasteiger partial charge in [0, 0.05) is 23.8 Å². The van der Waals surface area contributed by atoms with Gasteiger partial charge in [0.25, 0.3) is 0 Å². The molecule has 148 valence electrons. The van der Waals surface area contributed by atoms with Gasteiger partial charge >= 0.3 is 23.9 Å². The van der Waals surface area contributed by atoms with E-state index in [0.717, 1.165) is 0 Å². The molecule has 6 unspecified atom stereocenters. The van der Waals surface area contributed by atoms with Crippen molar-refractivity contribution in [2.24, 2.45) is 23.7 Å².